The zero-order chi connectivity index (χ0) is 14.7. The summed E-state index contributed by atoms with van der Waals surface area (Å²) in [5.41, 5.74) is -1.85. The van der Waals surface area contributed by atoms with Gasteiger partial charge in [0.05, 0.1) is 5.52 Å². The standard InChI is InChI=1S/C11H6F3N3O2S/c1-3-2-4(11(12,13)14)15-9-5(3)6-7(20-9)8(18)17-10(19)16-6/h2H,1H3,(H2,16,17,18,19). The molecule has 0 amide bonds. The number of aromatic amines is 2. The molecule has 0 atom stereocenters. The first kappa shape index (κ1) is 12.9. The van der Waals surface area contributed by atoms with E-state index in [4.69, 9.17) is 0 Å². The number of alkyl halides is 3. The number of H-pyrrole nitrogens is 2. The zero-order valence-corrected chi connectivity index (χ0v) is 10.7. The molecule has 0 fully saturated rings. The SMILES string of the molecule is Cc1cc(C(F)(F)F)nc2sc3c(=O)[nH]c(=O)[nH]c3c12. The second-order valence-electron chi connectivity index (χ2n) is 4.22. The Hall–Kier alpha value is -2.16. The van der Waals surface area contributed by atoms with Crippen molar-refractivity contribution in [3.63, 3.8) is 0 Å². The number of fused-ring (bicyclic) bond motifs is 3. The summed E-state index contributed by atoms with van der Waals surface area (Å²) in [6.07, 6.45) is -4.56. The van der Waals surface area contributed by atoms with Gasteiger partial charge < -0.3 is 4.98 Å². The van der Waals surface area contributed by atoms with Crippen molar-refractivity contribution in [3.05, 3.63) is 38.2 Å². The molecule has 0 aromatic carbocycles. The van der Waals surface area contributed by atoms with E-state index >= 15 is 0 Å². The van der Waals surface area contributed by atoms with Gasteiger partial charge in [0.25, 0.3) is 5.56 Å². The van der Waals surface area contributed by atoms with Crippen LogP contribution in [0.4, 0.5) is 13.2 Å². The van der Waals surface area contributed by atoms with Crippen molar-refractivity contribution in [3.8, 4) is 0 Å². The normalized spacial score (nSPS) is 12.4. The van der Waals surface area contributed by atoms with Gasteiger partial charge in [-0.15, -0.1) is 11.3 Å². The Labute approximate surface area is 112 Å². The highest BCUT2D eigenvalue weighted by Gasteiger charge is 2.33. The predicted octanol–water partition coefficient (Wildman–Crippen LogP) is 2.15. The summed E-state index contributed by atoms with van der Waals surface area (Å²) in [4.78, 5) is 31.0. The highest BCUT2D eigenvalue weighted by molar-refractivity contribution is 7.25. The number of rotatable bonds is 0. The topological polar surface area (TPSA) is 78.6 Å². The number of pyridine rings is 1. The lowest BCUT2D eigenvalue weighted by Crippen LogP contribution is -2.20. The minimum atomic E-state index is -4.56. The first-order valence-corrected chi connectivity index (χ1v) is 6.22. The van der Waals surface area contributed by atoms with Gasteiger partial charge in [0.1, 0.15) is 15.2 Å². The summed E-state index contributed by atoms with van der Waals surface area (Å²) in [6, 6.07) is 0.897. The molecular formula is C11H6F3N3O2S. The van der Waals surface area contributed by atoms with E-state index in [1.807, 2.05) is 4.98 Å². The lowest BCUT2D eigenvalue weighted by Gasteiger charge is -2.06. The summed E-state index contributed by atoms with van der Waals surface area (Å²) >= 11 is 0.816. The highest BCUT2D eigenvalue weighted by atomic mass is 32.1. The van der Waals surface area contributed by atoms with E-state index < -0.39 is 23.1 Å². The number of aryl methyl sites for hydroxylation is 1. The summed E-state index contributed by atoms with van der Waals surface area (Å²) in [6.45, 7) is 1.48. The number of nitrogens with zero attached hydrogens (tertiary/aromatic N) is 1. The van der Waals surface area contributed by atoms with Crippen molar-refractivity contribution in [2.24, 2.45) is 0 Å². The van der Waals surface area contributed by atoms with Crippen molar-refractivity contribution < 1.29 is 13.2 Å². The number of hydrogen-bond donors (Lipinski definition) is 2. The number of nitrogens with one attached hydrogen (secondary N) is 2. The molecule has 0 spiro atoms. The fraction of sp³-hybridized carbons (Fsp3) is 0.182. The van der Waals surface area contributed by atoms with Gasteiger partial charge in [-0.1, -0.05) is 0 Å². The lowest BCUT2D eigenvalue weighted by atomic mass is 10.1. The third-order valence-corrected chi connectivity index (χ3v) is 3.90. The van der Waals surface area contributed by atoms with E-state index in [0.717, 1.165) is 17.4 Å². The molecule has 2 N–H and O–H groups in total. The van der Waals surface area contributed by atoms with Crippen molar-refractivity contribution in [1.82, 2.24) is 15.0 Å². The molecule has 0 saturated carbocycles. The molecule has 5 nitrogen and oxygen atoms in total. The maximum absolute atomic E-state index is 12.7. The van der Waals surface area contributed by atoms with Crippen LogP contribution in [0, 0.1) is 6.92 Å². The third kappa shape index (κ3) is 1.82. The van der Waals surface area contributed by atoms with Gasteiger partial charge in [0.2, 0.25) is 0 Å². The van der Waals surface area contributed by atoms with Gasteiger partial charge in [-0.3, -0.25) is 9.78 Å². The molecule has 104 valence electrons. The highest BCUT2D eigenvalue weighted by Crippen LogP contribution is 2.35. The van der Waals surface area contributed by atoms with Gasteiger partial charge in [-0.05, 0) is 18.6 Å². The first-order chi connectivity index (χ1) is 9.27. The quantitative estimate of drug-likeness (QED) is 0.668. The summed E-state index contributed by atoms with van der Waals surface area (Å²) < 4.78 is 38.3. The number of halogens is 3. The van der Waals surface area contributed by atoms with Crippen LogP contribution in [0.2, 0.25) is 0 Å². The Morgan fingerprint density at radius 2 is 1.95 bits per heavy atom. The van der Waals surface area contributed by atoms with Crippen LogP contribution >= 0.6 is 11.3 Å². The first-order valence-electron chi connectivity index (χ1n) is 5.41. The van der Waals surface area contributed by atoms with Gasteiger partial charge in [0, 0.05) is 5.39 Å². The van der Waals surface area contributed by atoms with Crippen molar-refractivity contribution in [2.45, 2.75) is 13.1 Å². The molecule has 0 aliphatic carbocycles. The molecule has 20 heavy (non-hydrogen) atoms. The molecule has 0 radical (unpaired) electrons. The summed E-state index contributed by atoms with van der Waals surface area (Å²) in [5, 5.41) is 0.362. The molecule has 0 aliphatic rings. The van der Waals surface area contributed by atoms with E-state index in [1.165, 1.54) is 6.92 Å². The Bertz CT molecular complexity index is 952. The Balaban J connectivity index is 2.52. The second-order valence-corrected chi connectivity index (χ2v) is 5.22. The average Bonchev–Trinajstić information content (AvgIpc) is 2.67. The van der Waals surface area contributed by atoms with Crippen LogP contribution in [0.15, 0.2) is 15.7 Å². The number of aromatic nitrogens is 3. The van der Waals surface area contributed by atoms with E-state index in [9.17, 15) is 22.8 Å². The molecule has 9 heteroatoms. The monoisotopic (exact) mass is 301 g/mol. The molecular weight excluding hydrogens is 295 g/mol. The van der Waals surface area contributed by atoms with Crippen LogP contribution in [-0.4, -0.2) is 15.0 Å². The Morgan fingerprint density at radius 3 is 2.60 bits per heavy atom. The van der Waals surface area contributed by atoms with Crippen molar-refractivity contribution >= 4 is 31.8 Å². The molecule has 0 aliphatic heterocycles. The number of hydrogen-bond acceptors (Lipinski definition) is 4. The maximum Gasteiger partial charge on any atom is 0.433 e. The minimum absolute atomic E-state index is 0.0691. The van der Waals surface area contributed by atoms with E-state index in [2.05, 4.69) is 9.97 Å². The van der Waals surface area contributed by atoms with Crippen LogP contribution in [-0.2, 0) is 6.18 Å². The van der Waals surface area contributed by atoms with E-state index in [1.54, 1.807) is 0 Å². The van der Waals surface area contributed by atoms with Gasteiger partial charge in [-0.2, -0.15) is 13.2 Å². The zero-order valence-electron chi connectivity index (χ0n) is 9.88. The maximum atomic E-state index is 12.7. The lowest BCUT2D eigenvalue weighted by molar-refractivity contribution is -0.140. The van der Waals surface area contributed by atoms with Crippen LogP contribution in [0.5, 0.6) is 0 Å². The fourth-order valence-electron chi connectivity index (χ4n) is 2.01. The fourth-order valence-corrected chi connectivity index (χ4v) is 3.11. The molecule has 3 heterocycles. The number of thiophene rings is 1. The van der Waals surface area contributed by atoms with Gasteiger partial charge in [0.15, 0.2) is 0 Å². The second kappa shape index (κ2) is 3.92. The van der Waals surface area contributed by atoms with Crippen molar-refractivity contribution in [1.29, 1.82) is 0 Å². The van der Waals surface area contributed by atoms with Gasteiger partial charge >= 0.3 is 11.9 Å². The van der Waals surface area contributed by atoms with Crippen LogP contribution in [0.25, 0.3) is 20.4 Å². The predicted molar refractivity (Wildman–Crippen MR) is 68.1 cm³/mol. The molecule has 0 bridgehead atoms. The molecule has 3 aromatic rings. The molecule has 3 aromatic heterocycles. The van der Waals surface area contributed by atoms with Crippen LogP contribution in [0.1, 0.15) is 11.3 Å². The van der Waals surface area contributed by atoms with E-state index in [0.29, 0.717) is 10.9 Å². The van der Waals surface area contributed by atoms with Crippen LogP contribution < -0.4 is 11.2 Å². The van der Waals surface area contributed by atoms with Crippen molar-refractivity contribution in [2.75, 3.05) is 0 Å². The van der Waals surface area contributed by atoms with E-state index in [-0.39, 0.29) is 15.0 Å². The molecule has 0 unspecified atom stereocenters. The van der Waals surface area contributed by atoms with Gasteiger partial charge in [-0.25, -0.2) is 9.78 Å². The largest absolute Gasteiger partial charge is 0.433 e. The van der Waals surface area contributed by atoms with Crippen LogP contribution in [0.3, 0.4) is 0 Å². The molecule has 0 saturated heterocycles. The molecule has 3 rings (SSSR count). The average molecular weight is 301 g/mol. The summed E-state index contributed by atoms with van der Waals surface area (Å²) in [7, 11) is 0. The Kier molecular flexibility index (Phi) is 2.52. The Morgan fingerprint density at radius 1 is 1.25 bits per heavy atom. The summed E-state index contributed by atoms with van der Waals surface area (Å²) in [5.74, 6) is 0. The third-order valence-electron chi connectivity index (χ3n) is 2.82. The minimum Gasteiger partial charge on any atom is -0.305 e. The smallest absolute Gasteiger partial charge is 0.305 e.